The molecule has 0 fully saturated rings. The van der Waals surface area contributed by atoms with Gasteiger partial charge in [0.15, 0.2) is 6.10 Å². The van der Waals surface area contributed by atoms with Crippen molar-refractivity contribution in [3.8, 4) is 0 Å². The maximum atomic E-state index is 12.7. The third-order valence-corrected chi connectivity index (χ3v) is 10.6. The van der Waals surface area contributed by atoms with Crippen LogP contribution < -0.4 is 0 Å². The van der Waals surface area contributed by atoms with Crippen LogP contribution in [0.5, 0.6) is 0 Å². The van der Waals surface area contributed by atoms with Crippen molar-refractivity contribution in [2.45, 2.75) is 258 Å². The van der Waals surface area contributed by atoms with Crippen molar-refractivity contribution in [3.05, 3.63) is 36.5 Å². The van der Waals surface area contributed by atoms with Crippen LogP contribution in [-0.4, -0.2) is 37.2 Å². The van der Waals surface area contributed by atoms with Crippen molar-refractivity contribution in [1.29, 1.82) is 0 Å². The Labute approximate surface area is 353 Å². The predicted molar refractivity (Wildman–Crippen MR) is 242 cm³/mol. The Morgan fingerprint density at radius 3 is 1.02 bits per heavy atom. The third kappa shape index (κ3) is 44.6. The maximum absolute atomic E-state index is 12.7. The molecular weight excluding hydrogens is 709 g/mol. The molecule has 0 aliphatic carbocycles. The Morgan fingerprint density at radius 2 is 0.632 bits per heavy atom. The van der Waals surface area contributed by atoms with Crippen LogP contribution in [0.3, 0.4) is 0 Å². The molecule has 0 heterocycles. The molecule has 0 spiro atoms. The van der Waals surface area contributed by atoms with Gasteiger partial charge in [-0.05, 0) is 77.0 Å². The van der Waals surface area contributed by atoms with E-state index >= 15 is 0 Å². The number of allylic oxidation sites excluding steroid dienone is 6. The van der Waals surface area contributed by atoms with E-state index in [-0.39, 0.29) is 31.1 Å². The summed E-state index contributed by atoms with van der Waals surface area (Å²) in [7, 11) is 0. The highest BCUT2D eigenvalue weighted by Gasteiger charge is 2.19. The van der Waals surface area contributed by atoms with Crippen molar-refractivity contribution in [3.63, 3.8) is 0 Å². The number of rotatable bonds is 44. The SMILES string of the molecule is CCCCC/C=C\C/C=C\CCCCCCCCCCCC(=O)OCC(COC(=O)CCCCCCCC)OC(=O)CCCCCCC/C=C\CCCCCCC. The van der Waals surface area contributed by atoms with Gasteiger partial charge in [0.2, 0.25) is 0 Å². The van der Waals surface area contributed by atoms with Gasteiger partial charge in [0.05, 0.1) is 0 Å². The maximum Gasteiger partial charge on any atom is 0.306 e. The molecule has 0 rings (SSSR count). The Morgan fingerprint density at radius 1 is 0.351 bits per heavy atom. The first-order valence-electron chi connectivity index (χ1n) is 24.5. The molecule has 0 bridgehead atoms. The lowest BCUT2D eigenvalue weighted by Gasteiger charge is -2.18. The molecule has 6 heteroatoms. The van der Waals surface area contributed by atoms with E-state index in [1.807, 2.05) is 0 Å². The molecule has 0 N–H and O–H groups in total. The van der Waals surface area contributed by atoms with E-state index in [9.17, 15) is 14.4 Å². The standard InChI is InChI=1S/C51H92O6/c1-4-7-10-13-16-18-20-22-24-25-26-27-28-30-31-33-35-38-41-44-50(53)56-47-48(46-55-49(52)43-40-37-15-12-9-6-3)57-51(54)45-42-39-36-34-32-29-23-21-19-17-14-11-8-5-2/h16,18,21-24,48H,4-15,17,19-20,25-47H2,1-3H3/b18-16-,23-21-,24-22-. The van der Waals surface area contributed by atoms with E-state index in [2.05, 4.69) is 57.2 Å². The van der Waals surface area contributed by atoms with E-state index < -0.39 is 6.10 Å². The van der Waals surface area contributed by atoms with Gasteiger partial charge in [-0.2, -0.15) is 0 Å². The van der Waals surface area contributed by atoms with Crippen molar-refractivity contribution in [2.24, 2.45) is 0 Å². The van der Waals surface area contributed by atoms with Gasteiger partial charge in [0.25, 0.3) is 0 Å². The lowest BCUT2D eigenvalue weighted by atomic mass is 10.1. The molecule has 332 valence electrons. The Hall–Kier alpha value is -2.37. The molecule has 0 amide bonds. The zero-order chi connectivity index (χ0) is 41.5. The number of carbonyl (C=O) groups excluding carboxylic acids is 3. The molecule has 0 aromatic carbocycles. The highest BCUT2D eigenvalue weighted by molar-refractivity contribution is 5.71. The van der Waals surface area contributed by atoms with Crippen molar-refractivity contribution >= 4 is 17.9 Å². The van der Waals surface area contributed by atoms with Gasteiger partial charge in [0, 0.05) is 19.3 Å². The predicted octanol–water partition coefficient (Wildman–Crippen LogP) is 15.8. The first-order chi connectivity index (χ1) is 28.0. The lowest BCUT2D eigenvalue weighted by molar-refractivity contribution is -0.167. The zero-order valence-corrected chi connectivity index (χ0v) is 37.9. The molecular formula is C51H92O6. The fraction of sp³-hybridized carbons (Fsp3) is 0.824. The molecule has 0 aliphatic rings. The number of unbranched alkanes of at least 4 members (excludes halogenated alkanes) is 27. The largest absolute Gasteiger partial charge is 0.462 e. The number of ether oxygens (including phenoxy) is 3. The molecule has 0 saturated heterocycles. The van der Waals surface area contributed by atoms with Gasteiger partial charge in [0.1, 0.15) is 13.2 Å². The first-order valence-corrected chi connectivity index (χ1v) is 24.5. The van der Waals surface area contributed by atoms with Gasteiger partial charge in [-0.25, -0.2) is 0 Å². The normalized spacial score (nSPS) is 12.3. The van der Waals surface area contributed by atoms with Crippen LogP contribution in [0.2, 0.25) is 0 Å². The summed E-state index contributed by atoms with van der Waals surface area (Å²) in [5.74, 6) is -0.893. The van der Waals surface area contributed by atoms with Crippen LogP contribution in [0.15, 0.2) is 36.5 Å². The van der Waals surface area contributed by atoms with E-state index in [1.54, 1.807) is 0 Å². The molecule has 0 saturated carbocycles. The summed E-state index contributed by atoms with van der Waals surface area (Å²) in [5.41, 5.74) is 0. The highest BCUT2D eigenvalue weighted by atomic mass is 16.6. The summed E-state index contributed by atoms with van der Waals surface area (Å²) in [6.45, 7) is 6.54. The van der Waals surface area contributed by atoms with Gasteiger partial charge in [-0.3, -0.25) is 14.4 Å². The molecule has 0 radical (unpaired) electrons. The summed E-state index contributed by atoms with van der Waals surface area (Å²) in [4.78, 5) is 37.6. The number of hydrogen-bond acceptors (Lipinski definition) is 6. The van der Waals surface area contributed by atoms with Crippen molar-refractivity contribution < 1.29 is 28.6 Å². The minimum Gasteiger partial charge on any atom is -0.462 e. The smallest absolute Gasteiger partial charge is 0.306 e. The van der Waals surface area contributed by atoms with Gasteiger partial charge in [-0.1, -0.05) is 192 Å². The molecule has 0 aromatic rings. The van der Waals surface area contributed by atoms with Crippen LogP contribution in [0.25, 0.3) is 0 Å². The van der Waals surface area contributed by atoms with Crippen LogP contribution in [0.1, 0.15) is 252 Å². The van der Waals surface area contributed by atoms with Gasteiger partial charge >= 0.3 is 17.9 Å². The van der Waals surface area contributed by atoms with Crippen LogP contribution >= 0.6 is 0 Å². The second kappa shape index (κ2) is 46.3. The van der Waals surface area contributed by atoms with Crippen LogP contribution in [-0.2, 0) is 28.6 Å². The number of esters is 3. The quantitative estimate of drug-likeness (QED) is 0.0264. The fourth-order valence-corrected chi connectivity index (χ4v) is 6.88. The van der Waals surface area contributed by atoms with Crippen LogP contribution in [0, 0.1) is 0 Å². The minimum atomic E-state index is -0.772. The van der Waals surface area contributed by atoms with Gasteiger partial charge in [-0.15, -0.1) is 0 Å². The average molecular weight is 801 g/mol. The van der Waals surface area contributed by atoms with E-state index in [0.29, 0.717) is 19.3 Å². The lowest BCUT2D eigenvalue weighted by Crippen LogP contribution is -2.30. The average Bonchev–Trinajstić information content (AvgIpc) is 3.21. The van der Waals surface area contributed by atoms with Crippen LogP contribution in [0.4, 0.5) is 0 Å². The molecule has 0 aliphatic heterocycles. The van der Waals surface area contributed by atoms with Gasteiger partial charge < -0.3 is 14.2 Å². The molecule has 6 nitrogen and oxygen atoms in total. The third-order valence-electron chi connectivity index (χ3n) is 10.6. The molecule has 0 aromatic heterocycles. The summed E-state index contributed by atoms with van der Waals surface area (Å²) in [6, 6.07) is 0. The fourth-order valence-electron chi connectivity index (χ4n) is 6.88. The highest BCUT2D eigenvalue weighted by Crippen LogP contribution is 2.14. The molecule has 57 heavy (non-hydrogen) atoms. The minimum absolute atomic E-state index is 0.0759. The van der Waals surface area contributed by atoms with E-state index in [0.717, 1.165) is 70.6 Å². The molecule has 1 unspecified atom stereocenters. The van der Waals surface area contributed by atoms with Crippen molar-refractivity contribution in [1.82, 2.24) is 0 Å². The Bertz CT molecular complexity index is 969. The van der Waals surface area contributed by atoms with Crippen molar-refractivity contribution in [2.75, 3.05) is 13.2 Å². The Balaban J connectivity index is 4.22. The van der Waals surface area contributed by atoms with E-state index in [1.165, 1.54) is 141 Å². The number of hydrogen-bond donors (Lipinski definition) is 0. The van der Waals surface area contributed by atoms with E-state index in [4.69, 9.17) is 14.2 Å². The second-order valence-corrected chi connectivity index (χ2v) is 16.4. The summed E-state index contributed by atoms with van der Waals surface area (Å²) >= 11 is 0. The molecule has 1 atom stereocenters. The number of carbonyl (C=O) groups is 3. The summed E-state index contributed by atoms with van der Waals surface area (Å²) in [5, 5.41) is 0. The zero-order valence-electron chi connectivity index (χ0n) is 37.9. The second-order valence-electron chi connectivity index (χ2n) is 16.4. The monoisotopic (exact) mass is 801 g/mol. The summed E-state index contributed by atoms with van der Waals surface area (Å²) in [6.07, 6.45) is 52.9. The Kier molecular flexibility index (Phi) is 44.4. The first kappa shape index (κ1) is 54.6. The topological polar surface area (TPSA) is 78.9 Å². The summed E-state index contributed by atoms with van der Waals surface area (Å²) < 4.78 is 16.7.